The lowest BCUT2D eigenvalue weighted by atomic mass is 10.1. The topological polar surface area (TPSA) is 66.5 Å². The van der Waals surface area contributed by atoms with Gasteiger partial charge in [-0.1, -0.05) is 30.6 Å². The number of pyridine rings is 1. The Morgan fingerprint density at radius 2 is 1.90 bits per heavy atom. The average molecular weight is 399 g/mol. The van der Waals surface area contributed by atoms with Crippen molar-refractivity contribution in [2.75, 3.05) is 18.9 Å². The first-order chi connectivity index (χ1) is 13.8. The summed E-state index contributed by atoms with van der Waals surface area (Å²) in [4.78, 5) is 13.0. The Morgan fingerprint density at radius 3 is 2.59 bits per heavy atom. The van der Waals surface area contributed by atoms with Crippen LogP contribution in [0.4, 0.5) is 5.69 Å². The van der Waals surface area contributed by atoms with Gasteiger partial charge in [0.2, 0.25) is 5.75 Å². The summed E-state index contributed by atoms with van der Waals surface area (Å²) in [6, 6.07) is 5.50. The van der Waals surface area contributed by atoms with E-state index in [0.29, 0.717) is 24.7 Å². The van der Waals surface area contributed by atoms with E-state index >= 15 is 0 Å². The SMILES string of the molecule is CCCCOc1c(OCC=C(C)CCC=C(C)C)c(=O)n(C)c2cc(N)ccc12. The van der Waals surface area contributed by atoms with Crippen LogP contribution < -0.4 is 20.8 Å². The normalized spacial score (nSPS) is 11.6. The standard InChI is InChI=1S/C24H34N2O3/c1-6-7-14-28-22-20-12-11-19(25)16-21(20)26(5)24(27)23(22)29-15-13-18(4)10-8-9-17(2)3/h9,11-13,16H,6-8,10,14-15,25H2,1-5H3. The van der Waals surface area contributed by atoms with E-state index in [2.05, 4.69) is 33.8 Å². The molecular formula is C24H34N2O3. The Labute approximate surface area is 173 Å². The number of nitrogens with two attached hydrogens (primary N) is 1. The average Bonchev–Trinajstić information content (AvgIpc) is 2.67. The number of rotatable bonds is 10. The fourth-order valence-electron chi connectivity index (χ4n) is 3.05. The highest BCUT2D eigenvalue weighted by atomic mass is 16.5. The first-order valence-corrected chi connectivity index (χ1v) is 10.3. The lowest BCUT2D eigenvalue weighted by molar-refractivity contribution is 0.278. The molecule has 0 aliphatic rings. The van der Waals surface area contributed by atoms with Crippen molar-refractivity contribution < 1.29 is 9.47 Å². The molecule has 0 amide bonds. The highest BCUT2D eigenvalue weighted by Gasteiger charge is 2.18. The summed E-state index contributed by atoms with van der Waals surface area (Å²) < 4.78 is 13.5. The van der Waals surface area contributed by atoms with Gasteiger partial charge in [0, 0.05) is 18.1 Å². The first-order valence-electron chi connectivity index (χ1n) is 10.3. The Kier molecular flexibility index (Phi) is 8.37. The number of allylic oxidation sites excluding steroid dienone is 3. The number of ether oxygens (including phenoxy) is 2. The molecule has 0 spiro atoms. The van der Waals surface area contributed by atoms with Gasteiger partial charge < -0.3 is 19.8 Å². The van der Waals surface area contributed by atoms with Crippen molar-refractivity contribution in [2.45, 2.75) is 53.4 Å². The Bertz CT molecular complexity index is 951. The lowest BCUT2D eigenvalue weighted by Gasteiger charge is -2.17. The van der Waals surface area contributed by atoms with Crippen molar-refractivity contribution in [3.63, 3.8) is 0 Å². The van der Waals surface area contributed by atoms with Crippen molar-refractivity contribution in [1.82, 2.24) is 4.57 Å². The van der Waals surface area contributed by atoms with Crippen molar-refractivity contribution in [2.24, 2.45) is 7.05 Å². The molecule has 0 unspecified atom stereocenters. The summed E-state index contributed by atoms with van der Waals surface area (Å²) in [6.07, 6.45) is 8.16. The van der Waals surface area contributed by atoms with Crippen LogP contribution in [-0.2, 0) is 7.05 Å². The van der Waals surface area contributed by atoms with Crippen LogP contribution in [0.1, 0.15) is 53.4 Å². The van der Waals surface area contributed by atoms with Gasteiger partial charge in [0.1, 0.15) is 6.61 Å². The Hall–Kier alpha value is -2.69. The van der Waals surface area contributed by atoms with Crippen LogP contribution in [0, 0.1) is 0 Å². The fourth-order valence-corrected chi connectivity index (χ4v) is 3.05. The number of anilines is 1. The van der Waals surface area contributed by atoms with Crippen molar-refractivity contribution >= 4 is 16.6 Å². The smallest absolute Gasteiger partial charge is 0.297 e. The number of unbranched alkanes of at least 4 members (excludes halogenated alkanes) is 1. The third kappa shape index (κ3) is 6.14. The molecule has 0 fully saturated rings. The number of hydrogen-bond acceptors (Lipinski definition) is 4. The van der Waals surface area contributed by atoms with E-state index < -0.39 is 0 Å². The van der Waals surface area contributed by atoms with E-state index in [0.717, 1.165) is 36.6 Å². The van der Waals surface area contributed by atoms with Gasteiger partial charge >= 0.3 is 0 Å². The highest BCUT2D eigenvalue weighted by Crippen LogP contribution is 2.33. The lowest BCUT2D eigenvalue weighted by Crippen LogP contribution is -2.21. The zero-order chi connectivity index (χ0) is 21.4. The molecule has 2 rings (SSSR count). The molecule has 0 radical (unpaired) electrons. The third-order valence-electron chi connectivity index (χ3n) is 4.83. The largest absolute Gasteiger partial charge is 0.489 e. The van der Waals surface area contributed by atoms with E-state index in [4.69, 9.17) is 15.2 Å². The van der Waals surface area contributed by atoms with Crippen LogP contribution in [0.2, 0.25) is 0 Å². The minimum Gasteiger partial charge on any atom is -0.489 e. The predicted octanol–water partition coefficient (Wildman–Crippen LogP) is 5.37. The molecule has 5 heteroatoms. The maximum Gasteiger partial charge on any atom is 0.297 e. The van der Waals surface area contributed by atoms with E-state index in [-0.39, 0.29) is 11.3 Å². The molecule has 2 N–H and O–H groups in total. The highest BCUT2D eigenvalue weighted by molar-refractivity contribution is 5.90. The molecule has 5 nitrogen and oxygen atoms in total. The van der Waals surface area contributed by atoms with E-state index in [1.807, 2.05) is 18.2 Å². The minimum atomic E-state index is -0.217. The van der Waals surface area contributed by atoms with Crippen molar-refractivity contribution in [1.29, 1.82) is 0 Å². The molecular weight excluding hydrogens is 364 g/mol. The number of fused-ring (bicyclic) bond motifs is 1. The van der Waals surface area contributed by atoms with E-state index in [9.17, 15) is 4.79 Å². The van der Waals surface area contributed by atoms with Crippen LogP contribution in [-0.4, -0.2) is 17.8 Å². The van der Waals surface area contributed by atoms with Gasteiger partial charge in [-0.2, -0.15) is 0 Å². The summed E-state index contributed by atoms with van der Waals surface area (Å²) >= 11 is 0. The molecule has 2 aromatic rings. The minimum absolute atomic E-state index is 0.217. The molecule has 0 atom stereocenters. The van der Waals surface area contributed by atoms with Gasteiger partial charge in [-0.25, -0.2) is 0 Å². The maximum atomic E-state index is 13.0. The molecule has 0 aliphatic heterocycles. The number of benzene rings is 1. The second-order valence-electron chi connectivity index (χ2n) is 7.68. The molecule has 1 heterocycles. The summed E-state index contributed by atoms with van der Waals surface area (Å²) in [5.74, 6) is 0.765. The number of hydrogen-bond donors (Lipinski definition) is 1. The Morgan fingerprint density at radius 1 is 1.14 bits per heavy atom. The number of aryl methyl sites for hydroxylation is 1. The summed E-state index contributed by atoms with van der Waals surface area (Å²) in [5, 5.41) is 0.830. The molecule has 1 aromatic carbocycles. The van der Waals surface area contributed by atoms with Gasteiger partial charge in [-0.3, -0.25) is 4.79 Å². The summed E-state index contributed by atoms with van der Waals surface area (Å²) in [7, 11) is 1.73. The Balaban J connectivity index is 2.32. The summed E-state index contributed by atoms with van der Waals surface area (Å²) in [6.45, 7) is 9.27. The van der Waals surface area contributed by atoms with Gasteiger partial charge in [-0.05, 0) is 64.3 Å². The molecule has 29 heavy (non-hydrogen) atoms. The van der Waals surface area contributed by atoms with Gasteiger partial charge in [-0.15, -0.1) is 0 Å². The van der Waals surface area contributed by atoms with E-state index in [1.54, 1.807) is 17.7 Å². The zero-order valence-electron chi connectivity index (χ0n) is 18.4. The van der Waals surface area contributed by atoms with Crippen molar-refractivity contribution in [3.8, 4) is 11.5 Å². The van der Waals surface area contributed by atoms with Crippen LogP contribution in [0.5, 0.6) is 11.5 Å². The van der Waals surface area contributed by atoms with Crippen LogP contribution in [0.3, 0.4) is 0 Å². The summed E-state index contributed by atoms with van der Waals surface area (Å²) in [5.41, 5.74) is 9.61. The van der Waals surface area contributed by atoms with Crippen LogP contribution >= 0.6 is 0 Å². The maximum absolute atomic E-state index is 13.0. The van der Waals surface area contributed by atoms with E-state index in [1.165, 1.54) is 11.1 Å². The monoisotopic (exact) mass is 398 g/mol. The second kappa shape index (κ2) is 10.7. The molecule has 0 saturated heterocycles. The molecule has 0 bridgehead atoms. The van der Waals surface area contributed by atoms with Crippen LogP contribution in [0.15, 0.2) is 46.3 Å². The quantitative estimate of drug-likeness (QED) is 0.332. The van der Waals surface area contributed by atoms with Gasteiger partial charge in [0.25, 0.3) is 5.56 Å². The predicted molar refractivity (Wildman–Crippen MR) is 122 cm³/mol. The molecule has 158 valence electrons. The zero-order valence-corrected chi connectivity index (χ0v) is 18.4. The number of nitrogen functional groups attached to an aromatic ring is 1. The third-order valence-corrected chi connectivity index (χ3v) is 4.83. The van der Waals surface area contributed by atoms with Crippen molar-refractivity contribution in [3.05, 3.63) is 51.9 Å². The first kappa shape index (κ1) is 22.6. The molecule has 1 aromatic heterocycles. The van der Waals surface area contributed by atoms with Crippen LogP contribution in [0.25, 0.3) is 10.9 Å². The molecule has 0 saturated carbocycles. The van der Waals surface area contributed by atoms with Gasteiger partial charge in [0.15, 0.2) is 5.75 Å². The van der Waals surface area contributed by atoms with Gasteiger partial charge in [0.05, 0.1) is 12.1 Å². The number of aromatic nitrogens is 1. The fraction of sp³-hybridized carbons (Fsp3) is 0.458. The molecule has 0 aliphatic carbocycles. The number of nitrogens with zero attached hydrogens (tertiary/aromatic N) is 1. The second-order valence-corrected chi connectivity index (χ2v) is 7.68.